The fourth-order valence-corrected chi connectivity index (χ4v) is 5.06. The lowest BCUT2D eigenvalue weighted by Crippen LogP contribution is -2.45. The van der Waals surface area contributed by atoms with E-state index in [2.05, 4.69) is 25.6 Å². The molecular weight excluding hydrogens is 380 g/mol. The molecule has 1 saturated carbocycles. The number of piperidine rings is 1. The van der Waals surface area contributed by atoms with Gasteiger partial charge in [-0.2, -0.15) is 0 Å². The van der Waals surface area contributed by atoms with Crippen LogP contribution >= 0.6 is 15.9 Å². The van der Waals surface area contributed by atoms with Gasteiger partial charge in [0.1, 0.15) is 10.6 Å². The molecule has 0 bridgehead atoms. The number of halogens is 1. The first-order chi connectivity index (χ1) is 11.0. The molecular formula is C16H23BrN2O3S. The summed E-state index contributed by atoms with van der Waals surface area (Å²) in [6.07, 6.45) is 4.33. The minimum Gasteiger partial charge on any atom is -0.492 e. The van der Waals surface area contributed by atoms with E-state index in [4.69, 9.17) is 4.74 Å². The first-order valence-electron chi connectivity index (χ1n) is 8.18. The normalized spacial score (nSPS) is 20.6. The second-order valence-electron chi connectivity index (χ2n) is 6.19. The van der Waals surface area contributed by atoms with E-state index in [1.54, 1.807) is 18.2 Å². The molecule has 128 valence electrons. The van der Waals surface area contributed by atoms with Crippen molar-refractivity contribution in [3.63, 3.8) is 0 Å². The largest absolute Gasteiger partial charge is 0.492 e. The van der Waals surface area contributed by atoms with Crippen LogP contribution in [0.3, 0.4) is 0 Å². The van der Waals surface area contributed by atoms with Crippen LogP contribution in [0.2, 0.25) is 0 Å². The number of hydrogen-bond donors (Lipinski definition) is 1. The van der Waals surface area contributed by atoms with Gasteiger partial charge in [-0.3, -0.25) is 0 Å². The van der Waals surface area contributed by atoms with Crippen molar-refractivity contribution in [3.05, 3.63) is 22.7 Å². The standard InChI is InChI=1S/C16H23BrN2O3S/c1-2-22-15-6-3-12(17)11-16(15)23(20,21)18-13-7-9-19(10-8-13)14-4-5-14/h3,6,11,13-14,18H,2,4-5,7-10H2,1H3. The molecule has 1 saturated heterocycles. The van der Waals surface area contributed by atoms with Crippen molar-refractivity contribution in [2.45, 2.75) is 49.6 Å². The number of ether oxygens (including phenoxy) is 1. The third-order valence-corrected chi connectivity index (χ3v) is 6.44. The quantitative estimate of drug-likeness (QED) is 0.794. The molecule has 1 aromatic carbocycles. The summed E-state index contributed by atoms with van der Waals surface area (Å²) in [5.74, 6) is 0.401. The molecule has 0 atom stereocenters. The molecule has 7 heteroatoms. The molecule has 1 N–H and O–H groups in total. The zero-order valence-electron chi connectivity index (χ0n) is 13.3. The van der Waals surface area contributed by atoms with Gasteiger partial charge in [-0.1, -0.05) is 15.9 Å². The topological polar surface area (TPSA) is 58.6 Å². The number of rotatable bonds is 6. The molecule has 5 nitrogen and oxygen atoms in total. The highest BCUT2D eigenvalue weighted by molar-refractivity contribution is 9.10. The Morgan fingerprint density at radius 3 is 2.57 bits per heavy atom. The summed E-state index contributed by atoms with van der Waals surface area (Å²) >= 11 is 3.34. The molecule has 0 spiro atoms. The smallest absolute Gasteiger partial charge is 0.244 e. The van der Waals surface area contributed by atoms with Crippen molar-refractivity contribution in [1.82, 2.24) is 9.62 Å². The third kappa shape index (κ3) is 4.26. The molecule has 1 aliphatic heterocycles. The third-order valence-electron chi connectivity index (χ3n) is 4.41. The molecule has 3 rings (SSSR count). The number of hydrogen-bond acceptors (Lipinski definition) is 4. The average molecular weight is 403 g/mol. The van der Waals surface area contributed by atoms with E-state index in [-0.39, 0.29) is 10.9 Å². The van der Waals surface area contributed by atoms with Gasteiger partial charge in [-0.25, -0.2) is 13.1 Å². The maximum atomic E-state index is 12.8. The van der Waals surface area contributed by atoms with E-state index in [9.17, 15) is 8.42 Å². The van der Waals surface area contributed by atoms with Crippen LogP contribution in [0.15, 0.2) is 27.6 Å². The minimum absolute atomic E-state index is 0.00320. The Balaban J connectivity index is 1.70. The predicted molar refractivity (Wildman–Crippen MR) is 93.2 cm³/mol. The van der Waals surface area contributed by atoms with Crippen LogP contribution in [0.25, 0.3) is 0 Å². The number of likely N-dealkylation sites (tertiary alicyclic amines) is 1. The van der Waals surface area contributed by atoms with Gasteiger partial charge < -0.3 is 9.64 Å². The van der Waals surface area contributed by atoms with Gasteiger partial charge >= 0.3 is 0 Å². The summed E-state index contributed by atoms with van der Waals surface area (Å²) in [6.45, 7) is 4.24. The van der Waals surface area contributed by atoms with Crippen LogP contribution in [0.5, 0.6) is 5.75 Å². The Morgan fingerprint density at radius 2 is 1.96 bits per heavy atom. The fraction of sp³-hybridized carbons (Fsp3) is 0.625. The monoisotopic (exact) mass is 402 g/mol. The molecule has 0 aromatic heterocycles. The molecule has 1 aromatic rings. The van der Waals surface area contributed by atoms with Gasteiger partial charge in [0, 0.05) is 16.6 Å². The summed E-state index contributed by atoms with van der Waals surface area (Å²) in [5, 5.41) is 0. The molecule has 0 amide bonds. The van der Waals surface area contributed by atoms with Crippen molar-refractivity contribution in [2.75, 3.05) is 19.7 Å². The van der Waals surface area contributed by atoms with Gasteiger partial charge in [-0.05, 0) is 63.9 Å². The Labute approximate surface area is 146 Å². The van der Waals surface area contributed by atoms with Crippen molar-refractivity contribution in [1.29, 1.82) is 0 Å². The highest BCUT2D eigenvalue weighted by atomic mass is 79.9. The lowest BCUT2D eigenvalue weighted by atomic mass is 10.1. The van der Waals surface area contributed by atoms with Gasteiger partial charge in [0.2, 0.25) is 10.0 Å². The highest BCUT2D eigenvalue weighted by Gasteiger charge is 2.33. The van der Waals surface area contributed by atoms with Crippen LogP contribution in [0.1, 0.15) is 32.6 Å². The molecule has 1 heterocycles. The average Bonchev–Trinajstić information content (AvgIpc) is 3.34. The van der Waals surface area contributed by atoms with Gasteiger partial charge in [0.25, 0.3) is 0 Å². The molecule has 2 fully saturated rings. The number of benzene rings is 1. The highest BCUT2D eigenvalue weighted by Crippen LogP contribution is 2.31. The Morgan fingerprint density at radius 1 is 1.26 bits per heavy atom. The Hall–Kier alpha value is -0.630. The zero-order chi connectivity index (χ0) is 16.4. The molecule has 1 aliphatic carbocycles. The Kier molecular flexibility index (Phi) is 5.30. The fourth-order valence-electron chi connectivity index (χ4n) is 3.07. The lowest BCUT2D eigenvalue weighted by molar-refractivity contribution is 0.198. The van der Waals surface area contributed by atoms with E-state index in [0.717, 1.165) is 36.4 Å². The number of nitrogens with zero attached hydrogens (tertiary/aromatic N) is 1. The van der Waals surface area contributed by atoms with Crippen LogP contribution in [0.4, 0.5) is 0 Å². The van der Waals surface area contributed by atoms with Crippen LogP contribution < -0.4 is 9.46 Å². The van der Waals surface area contributed by atoms with Crippen LogP contribution in [0, 0.1) is 0 Å². The van der Waals surface area contributed by atoms with Crippen LogP contribution in [-0.2, 0) is 10.0 Å². The number of nitrogens with one attached hydrogen (secondary N) is 1. The van der Waals surface area contributed by atoms with Gasteiger partial charge in [0.15, 0.2) is 0 Å². The summed E-state index contributed by atoms with van der Waals surface area (Å²) in [4.78, 5) is 2.69. The number of sulfonamides is 1. The van der Waals surface area contributed by atoms with Crippen LogP contribution in [-0.4, -0.2) is 45.1 Å². The van der Waals surface area contributed by atoms with Crippen molar-refractivity contribution < 1.29 is 13.2 Å². The second kappa shape index (κ2) is 7.09. The van der Waals surface area contributed by atoms with Crippen molar-refractivity contribution in [3.8, 4) is 5.75 Å². The SMILES string of the molecule is CCOc1ccc(Br)cc1S(=O)(=O)NC1CCN(C2CC2)CC1. The summed E-state index contributed by atoms with van der Waals surface area (Å²) in [7, 11) is -3.58. The van der Waals surface area contributed by atoms with Crippen molar-refractivity contribution >= 4 is 26.0 Å². The van der Waals surface area contributed by atoms with E-state index >= 15 is 0 Å². The molecule has 23 heavy (non-hydrogen) atoms. The van der Waals surface area contributed by atoms with E-state index < -0.39 is 10.0 Å². The summed E-state index contributed by atoms with van der Waals surface area (Å²) < 4.78 is 34.6. The van der Waals surface area contributed by atoms with Gasteiger partial charge in [-0.15, -0.1) is 0 Å². The maximum Gasteiger partial charge on any atom is 0.244 e. The van der Waals surface area contributed by atoms with Crippen molar-refractivity contribution in [2.24, 2.45) is 0 Å². The molecule has 0 unspecified atom stereocenters. The lowest BCUT2D eigenvalue weighted by Gasteiger charge is -2.32. The van der Waals surface area contributed by atoms with E-state index in [0.29, 0.717) is 12.4 Å². The molecule has 0 radical (unpaired) electrons. The Bertz CT molecular complexity index is 653. The molecule has 2 aliphatic rings. The maximum absolute atomic E-state index is 12.8. The van der Waals surface area contributed by atoms with Gasteiger partial charge in [0.05, 0.1) is 6.61 Å². The summed E-state index contributed by atoms with van der Waals surface area (Å²) in [6, 6.07) is 5.84. The van der Waals surface area contributed by atoms with E-state index in [1.165, 1.54) is 12.8 Å². The minimum atomic E-state index is -3.58. The first kappa shape index (κ1) is 17.2. The van der Waals surface area contributed by atoms with E-state index in [1.807, 2.05) is 6.92 Å². The predicted octanol–water partition coefficient (Wildman–Crippen LogP) is 2.75. The summed E-state index contributed by atoms with van der Waals surface area (Å²) in [5.41, 5.74) is 0. The second-order valence-corrected chi connectivity index (χ2v) is 8.78. The zero-order valence-corrected chi connectivity index (χ0v) is 15.7. The first-order valence-corrected chi connectivity index (χ1v) is 10.5.